The van der Waals surface area contributed by atoms with Gasteiger partial charge in [-0.05, 0) is 108 Å². The maximum atomic E-state index is 6.31. The van der Waals surface area contributed by atoms with Crippen LogP contribution in [0.25, 0.3) is 0 Å². The molecule has 9 heteroatoms. The topological polar surface area (TPSA) is 0 Å². The van der Waals surface area contributed by atoms with E-state index >= 15 is 0 Å². The molecule has 0 aromatic heterocycles. The predicted octanol–water partition coefficient (Wildman–Crippen LogP) is 14.1. The highest BCUT2D eigenvalue weighted by Crippen LogP contribution is 2.38. The van der Waals surface area contributed by atoms with Gasteiger partial charge < -0.3 is 0 Å². The molecule has 0 fully saturated rings. The van der Waals surface area contributed by atoms with Gasteiger partial charge in [-0.3, -0.25) is 14.1 Å². The van der Waals surface area contributed by atoms with Crippen molar-refractivity contribution in [2.24, 2.45) is 0 Å². The van der Waals surface area contributed by atoms with Crippen molar-refractivity contribution in [1.82, 2.24) is 0 Å². The summed E-state index contributed by atoms with van der Waals surface area (Å²) < 4.78 is 0. The zero-order valence-corrected chi connectivity index (χ0v) is 34.4. The van der Waals surface area contributed by atoms with Gasteiger partial charge in [-0.1, -0.05) is 115 Å². The fraction of sp³-hybridized carbons (Fsp3) is 0.500. The molecule has 0 saturated carbocycles. The minimum atomic E-state index is 0. The molecule has 0 bridgehead atoms. The largest absolute Gasteiger partial charge is 0.269 e. The number of rotatable bonds is 0. The van der Waals surface area contributed by atoms with Crippen molar-refractivity contribution in [2.45, 2.75) is 135 Å². The van der Waals surface area contributed by atoms with Gasteiger partial charge in [-0.25, -0.2) is 0 Å². The Morgan fingerprint density at radius 1 is 0.400 bits per heavy atom. The van der Waals surface area contributed by atoms with Crippen molar-refractivity contribution in [2.75, 3.05) is 0 Å². The lowest BCUT2D eigenvalue weighted by molar-refractivity contribution is 0.588. The lowest BCUT2D eigenvalue weighted by Crippen LogP contribution is -2.13. The molecule has 0 nitrogen and oxygen atoms in total. The lowest BCUT2D eigenvalue weighted by atomic mass is 9.85. The molecule has 0 spiro atoms. The van der Waals surface area contributed by atoms with Crippen LogP contribution in [0.2, 0.25) is 15.1 Å². The van der Waals surface area contributed by atoms with Crippen LogP contribution in [0.3, 0.4) is 0 Å². The van der Waals surface area contributed by atoms with Gasteiger partial charge >= 0.3 is 0 Å². The molecule has 3 aromatic rings. The van der Waals surface area contributed by atoms with E-state index in [4.69, 9.17) is 34.8 Å². The summed E-state index contributed by atoms with van der Waals surface area (Å²) in [5, 5.41) is 2.56. The summed E-state index contributed by atoms with van der Waals surface area (Å²) in [5.41, 5.74) is 10.7. The van der Waals surface area contributed by atoms with Gasteiger partial charge in [0.15, 0.2) is 0 Å². The van der Waals surface area contributed by atoms with E-state index in [1.54, 1.807) is 0 Å². The van der Waals surface area contributed by atoms with Crippen molar-refractivity contribution in [3.05, 3.63) is 83.3 Å². The molecular formula is C36H54Cl3F3S3. The number of benzene rings is 3. The monoisotopic (exact) mass is 744 g/mol. The number of hydrogen-bond donors (Lipinski definition) is 3. The first-order valence-corrected chi connectivity index (χ1v) is 16.7. The van der Waals surface area contributed by atoms with E-state index in [9.17, 15) is 0 Å². The van der Waals surface area contributed by atoms with E-state index in [-0.39, 0.29) is 30.4 Å². The number of halogens is 6. The number of thiol groups is 3. The van der Waals surface area contributed by atoms with Gasteiger partial charge in [0, 0.05) is 29.8 Å². The molecule has 258 valence electrons. The van der Waals surface area contributed by atoms with Crippen LogP contribution >= 0.6 is 72.7 Å². The smallest absolute Gasteiger partial charge is 0.0483 e. The van der Waals surface area contributed by atoms with Crippen LogP contribution in [-0.2, 0) is 16.2 Å². The molecule has 0 saturated heterocycles. The van der Waals surface area contributed by atoms with Crippen molar-refractivity contribution >= 4 is 72.7 Å². The van der Waals surface area contributed by atoms with Crippen molar-refractivity contribution < 1.29 is 14.1 Å². The van der Waals surface area contributed by atoms with E-state index in [0.717, 1.165) is 46.4 Å². The summed E-state index contributed by atoms with van der Waals surface area (Å²) >= 11 is 32.2. The summed E-state index contributed by atoms with van der Waals surface area (Å²) in [5.74, 6) is 0. The average molecular weight is 746 g/mol. The van der Waals surface area contributed by atoms with Crippen LogP contribution in [0.4, 0.5) is 14.1 Å². The summed E-state index contributed by atoms with van der Waals surface area (Å²) in [6, 6.07) is 6.41. The average Bonchev–Trinajstić information content (AvgIpc) is 2.85. The minimum Gasteiger partial charge on any atom is -0.269 e. The molecule has 3 aromatic carbocycles. The van der Waals surface area contributed by atoms with Gasteiger partial charge in [0.2, 0.25) is 0 Å². The normalized spacial score (nSPS) is 11.1. The fourth-order valence-electron chi connectivity index (χ4n) is 4.49. The lowest BCUT2D eigenvalue weighted by Gasteiger charge is -2.23. The number of hydrogen-bond acceptors (Lipinski definition) is 3. The highest BCUT2D eigenvalue weighted by Gasteiger charge is 2.22. The molecule has 0 heterocycles. The summed E-state index contributed by atoms with van der Waals surface area (Å²) in [6.45, 7) is 31.8. The van der Waals surface area contributed by atoms with E-state index < -0.39 is 0 Å². The van der Waals surface area contributed by atoms with Crippen molar-refractivity contribution in [1.29, 1.82) is 0 Å². The Morgan fingerprint density at radius 3 is 0.689 bits per heavy atom. The third-order valence-corrected chi connectivity index (χ3v) is 10.9. The third-order valence-electron chi connectivity index (χ3n) is 7.39. The maximum Gasteiger partial charge on any atom is 0.0483 e. The molecular weight excluding hydrogens is 692 g/mol. The van der Waals surface area contributed by atoms with Crippen LogP contribution in [0.5, 0.6) is 0 Å². The van der Waals surface area contributed by atoms with Crippen LogP contribution in [0, 0.1) is 41.5 Å². The summed E-state index contributed by atoms with van der Waals surface area (Å²) in [4.78, 5) is 3.01. The van der Waals surface area contributed by atoms with E-state index in [2.05, 4.69) is 139 Å². The quantitative estimate of drug-likeness (QED) is 0.188. The Bertz CT molecular complexity index is 1280. The molecule has 0 radical (unpaired) electrons. The first kappa shape index (κ1) is 48.8. The Hall–Kier alpha value is -0.630. The second kappa shape index (κ2) is 18.2. The first-order chi connectivity index (χ1) is 18.7. The van der Waals surface area contributed by atoms with E-state index in [1.165, 1.54) is 33.4 Å². The van der Waals surface area contributed by atoms with Gasteiger partial charge in [-0.2, -0.15) is 0 Å². The van der Waals surface area contributed by atoms with Crippen LogP contribution in [0.1, 0.15) is 112 Å². The Kier molecular flexibility index (Phi) is 19.7. The molecule has 0 unspecified atom stereocenters. The predicted molar refractivity (Wildman–Crippen MR) is 208 cm³/mol. The SMILES string of the molecule is Cc1cc(C(C)(C)C)c(Cl)c(C)c1S.Cc1cc(C(C)(C)C)c(Cl)c(C)c1S.Cc1cc(C(C)(C)C)c(Cl)c(C)c1S.F.F.F. The summed E-state index contributed by atoms with van der Waals surface area (Å²) in [6.07, 6.45) is 0. The molecule has 0 aliphatic heterocycles. The zero-order valence-electron chi connectivity index (χ0n) is 29.4. The molecule has 45 heavy (non-hydrogen) atoms. The molecule has 0 aliphatic carbocycles. The molecule has 0 N–H and O–H groups in total. The Labute approximate surface area is 303 Å². The third kappa shape index (κ3) is 12.4. The standard InChI is InChI=1S/3C12H17ClS.3FH/c3*1-7-6-9(12(3,4)5)10(13)8(2)11(7)14;;;/h3*6,14H,1-5H3;3*1H. The van der Waals surface area contributed by atoms with Crippen LogP contribution < -0.4 is 0 Å². The van der Waals surface area contributed by atoms with Crippen LogP contribution in [0.15, 0.2) is 32.9 Å². The Balaban J connectivity index is -0.000000569. The number of aryl methyl sites for hydroxylation is 3. The molecule has 0 aliphatic rings. The molecule has 0 atom stereocenters. The van der Waals surface area contributed by atoms with Gasteiger partial charge in [0.25, 0.3) is 0 Å². The van der Waals surface area contributed by atoms with Crippen LogP contribution in [-0.4, -0.2) is 0 Å². The minimum absolute atomic E-state index is 0. The highest BCUT2D eigenvalue weighted by molar-refractivity contribution is 7.80. The van der Waals surface area contributed by atoms with Crippen molar-refractivity contribution in [3.63, 3.8) is 0 Å². The molecule has 0 amide bonds. The highest BCUT2D eigenvalue weighted by atomic mass is 35.5. The summed E-state index contributed by atoms with van der Waals surface area (Å²) in [7, 11) is 0. The zero-order chi connectivity index (χ0) is 33.3. The first-order valence-electron chi connectivity index (χ1n) is 14.2. The van der Waals surface area contributed by atoms with Gasteiger partial charge in [-0.15, -0.1) is 37.9 Å². The van der Waals surface area contributed by atoms with Gasteiger partial charge in [0.05, 0.1) is 0 Å². The molecule has 3 rings (SSSR count). The van der Waals surface area contributed by atoms with E-state index in [0.29, 0.717) is 0 Å². The second-order valence-corrected chi connectivity index (χ2v) is 16.8. The Morgan fingerprint density at radius 2 is 0.556 bits per heavy atom. The maximum absolute atomic E-state index is 6.31. The van der Waals surface area contributed by atoms with E-state index in [1.807, 2.05) is 20.8 Å². The fourth-order valence-corrected chi connectivity index (χ4v) is 6.51. The van der Waals surface area contributed by atoms with Gasteiger partial charge in [0.1, 0.15) is 0 Å². The second-order valence-electron chi connectivity index (χ2n) is 14.3. The van der Waals surface area contributed by atoms with Crippen molar-refractivity contribution in [3.8, 4) is 0 Å².